The minimum atomic E-state index is 0.192. The standard InChI is InChI=1S/C13H10BrN3O/c1-7-2-5-10-13(15-7)17-12(16-10)8-3-4-9(14)11(18)6-8/h2-6,18H,1H3,(H,15,16,17). The van der Waals surface area contributed by atoms with Crippen molar-refractivity contribution in [3.63, 3.8) is 0 Å². The molecule has 2 aromatic heterocycles. The third kappa shape index (κ3) is 1.86. The maximum atomic E-state index is 9.68. The summed E-state index contributed by atoms with van der Waals surface area (Å²) in [5, 5.41) is 9.68. The van der Waals surface area contributed by atoms with Gasteiger partial charge in [0, 0.05) is 11.3 Å². The summed E-state index contributed by atoms with van der Waals surface area (Å²) in [5.74, 6) is 0.892. The third-order valence-electron chi connectivity index (χ3n) is 2.70. The van der Waals surface area contributed by atoms with Gasteiger partial charge in [-0.1, -0.05) is 0 Å². The van der Waals surface area contributed by atoms with Crippen LogP contribution in [0.5, 0.6) is 5.75 Å². The van der Waals surface area contributed by atoms with E-state index in [2.05, 4.69) is 30.9 Å². The van der Waals surface area contributed by atoms with Crippen molar-refractivity contribution < 1.29 is 5.11 Å². The SMILES string of the molecule is Cc1ccc2[nH]c(-c3ccc(Br)c(O)c3)nc2n1. The van der Waals surface area contributed by atoms with Crippen LogP contribution in [-0.2, 0) is 0 Å². The number of hydrogen-bond donors (Lipinski definition) is 2. The largest absolute Gasteiger partial charge is 0.507 e. The lowest BCUT2D eigenvalue weighted by Crippen LogP contribution is -1.81. The van der Waals surface area contributed by atoms with Crippen LogP contribution in [0.15, 0.2) is 34.8 Å². The van der Waals surface area contributed by atoms with Gasteiger partial charge in [-0.25, -0.2) is 9.97 Å². The zero-order valence-electron chi connectivity index (χ0n) is 9.61. The molecule has 0 atom stereocenters. The zero-order chi connectivity index (χ0) is 12.7. The van der Waals surface area contributed by atoms with Gasteiger partial charge in [-0.15, -0.1) is 0 Å². The normalized spacial score (nSPS) is 11.0. The van der Waals surface area contributed by atoms with Gasteiger partial charge in [-0.3, -0.25) is 0 Å². The van der Waals surface area contributed by atoms with Crippen LogP contribution in [0.2, 0.25) is 0 Å². The maximum Gasteiger partial charge on any atom is 0.178 e. The average Bonchev–Trinajstić information content (AvgIpc) is 2.75. The van der Waals surface area contributed by atoms with Gasteiger partial charge < -0.3 is 10.1 Å². The van der Waals surface area contributed by atoms with Crippen LogP contribution < -0.4 is 0 Å². The molecule has 0 bridgehead atoms. The van der Waals surface area contributed by atoms with Crippen LogP contribution in [0, 0.1) is 6.92 Å². The first-order valence-electron chi connectivity index (χ1n) is 5.46. The molecule has 0 spiro atoms. The van der Waals surface area contributed by atoms with Crippen molar-refractivity contribution in [1.29, 1.82) is 0 Å². The molecule has 3 rings (SSSR count). The molecular weight excluding hydrogens is 294 g/mol. The predicted octanol–water partition coefficient (Wildman–Crippen LogP) is 3.40. The molecule has 0 aliphatic carbocycles. The molecule has 5 heteroatoms. The number of phenolic OH excluding ortho intramolecular Hbond substituents is 1. The lowest BCUT2D eigenvalue weighted by molar-refractivity contribution is 0.472. The molecule has 3 aromatic rings. The quantitative estimate of drug-likeness (QED) is 0.724. The lowest BCUT2D eigenvalue weighted by atomic mass is 10.2. The highest BCUT2D eigenvalue weighted by Gasteiger charge is 2.08. The zero-order valence-corrected chi connectivity index (χ0v) is 11.2. The van der Waals surface area contributed by atoms with Crippen molar-refractivity contribution in [3.8, 4) is 17.1 Å². The monoisotopic (exact) mass is 303 g/mol. The molecule has 0 unspecified atom stereocenters. The summed E-state index contributed by atoms with van der Waals surface area (Å²) < 4.78 is 0.663. The number of phenols is 1. The van der Waals surface area contributed by atoms with Gasteiger partial charge in [0.05, 0.1) is 9.99 Å². The molecule has 0 saturated carbocycles. The van der Waals surface area contributed by atoms with Crippen molar-refractivity contribution in [3.05, 3.63) is 40.5 Å². The fraction of sp³-hybridized carbons (Fsp3) is 0.0769. The number of halogens is 1. The summed E-state index contributed by atoms with van der Waals surface area (Å²) in [6.07, 6.45) is 0. The predicted molar refractivity (Wildman–Crippen MR) is 73.4 cm³/mol. The lowest BCUT2D eigenvalue weighted by Gasteiger charge is -1.99. The fourth-order valence-corrected chi connectivity index (χ4v) is 2.03. The van der Waals surface area contributed by atoms with Crippen molar-refractivity contribution >= 4 is 27.1 Å². The summed E-state index contributed by atoms with van der Waals surface area (Å²) in [4.78, 5) is 12.0. The minimum Gasteiger partial charge on any atom is -0.507 e. The number of benzene rings is 1. The molecule has 0 aliphatic heterocycles. The second kappa shape index (κ2) is 4.10. The van der Waals surface area contributed by atoms with E-state index in [1.807, 2.05) is 25.1 Å². The molecule has 4 nitrogen and oxygen atoms in total. The highest BCUT2D eigenvalue weighted by atomic mass is 79.9. The number of H-pyrrole nitrogens is 1. The Morgan fingerprint density at radius 1 is 1.17 bits per heavy atom. The Labute approximate surface area is 112 Å². The van der Waals surface area contributed by atoms with Crippen molar-refractivity contribution in [2.75, 3.05) is 0 Å². The van der Waals surface area contributed by atoms with Crippen molar-refractivity contribution in [1.82, 2.24) is 15.0 Å². The van der Waals surface area contributed by atoms with Gasteiger partial charge in [0.15, 0.2) is 5.65 Å². The van der Waals surface area contributed by atoms with Crippen LogP contribution in [0.3, 0.4) is 0 Å². The summed E-state index contributed by atoms with van der Waals surface area (Å²) in [7, 11) is 0. The first-order chi connectivity index (χ1) is 8.63. The van der Waals surface area contributed by atoms with Gasteiger partial charge in [-0.05, 0) is 53.2 Å². The van der Waals surface area contributed by atoms with Crippen molar-refractivity contribution in [2.24, 2.45) is 0 Å². The molecule has 0 aliphatic rings. The molecule has 2 heterocycles. The second-order valence-corrected chi connectivity index (χ2v) is 4.93. The molecule has 0 fully saturated rings. The average molecular weight is 304 g/mol. The highest BCUT2D eigenvalue weighted by molar-refractivity contribution is 9.10. The number of aryl methyl sites for hydroxylation is 1. The van der Waals surface area contributed by atoms with E-state index in [1.54, 1.807) is 12.1 Å². The summed E-state index contributed by atoms with van der Waals surface area (Å²) in [6, 6.07) is 9.22. The number of aromatic amines is 1. The maximum absolute atomic E-state index is 9.68. The van der Waals surface area contributed by atoms with Gasteiger partial charge in [-0.2, -0.15) is 0 Å². The van der Waals surface area contributed by atoms with Gasteiger partial charge in [0.25, 0.3) is 0 Å². The molecule has 0 amide bonds. The number of rotatable bonds is 1. The Morgan fingerprint density at radius 3 is 2.78 bits per heavy atom. The Hall–Kier alpha value is -1.88. The number of hydrogen-bond acceptors (Lipinski definition) is 3. The van der Waals surface area contributed by atoms with Crippen LogP contribution >= 0.6 is 15.9 Å². The topological polar surface area (TPSA) is 61.8 Å². The second-order valence-electron chi connectivity index (χ2n) is 4.08. The van der Waals surface area contributed by atoms with E-state index in [0.717, 1.165) is 16.8 Å². The van der Waals surface area contributed by atoms with Gasteiger partial charge in [0.2, 0.25) is 0 Å². The van der Waals surface area contributed by atoms with E-state index < -0.39 is 0 Å². The Balaban J connectivity index is 2.16. The van der Waals surface area contributed by atoms with E-state index in [4.69, 9.17) is 0 Å². The smallest absolute Gasteiger partial charge is 0.178 e. The molecule has 18 heavy (non-hydrogen) atoms. The third-order valence-corrected chi connectivity index (χ3v) is 3.38. The van der Waals surface area contributed by atoms with Crippen LogP contribution in [0.25, 0.3) is 22.6 Å². The van der Waals surface area contributed by atoms with Crippen molar-refractivity contribution in [2.45, 2.75) is 6.92 Å². The molecule has 0 saturated heterocycles. The summed E-state index contributed by atoms with van der Waals surface area (Å²) in [6.45, 7) is 1.93. The molecule has 0 radical (unpaired) electrons. The Morgan fingerprint density at radius 2 is 2.00 bits per heavy atom. The van der Waals surface area contributed by atoms with Crippen LogP contribution in [-0.4, -0.2) is 20.1 Å². The summed E-state index contributed by atoms with van der Waals surface area (Å²) >= 11 is 3.25. The molecule has 1 aromatic carbocycles. The summed E-state index contributed by atoms with van der Waals surface area (Å²) in [5.41, 5.74) is 3.33. The van der Waals surface area contributed by atoms with Crippen LogP contribution in [0.4, 0.5) is 0 Å². The van der Waals surface area contributed by atoms with Gasteiger partial charge >= 0.3 is 0 Å². The molecular formula is C13H10BrN3O. The fourth-order valence-electron chi connectivity index (χ4n) is 1.78. The first-order valence-corrected chi connectivity index (χ1v) is 6.25. The molecule has 2 N–H and O–H groups in total. The first kappa shape index (κ1) is 11.2. The number of aromatic hydroxyl groups is 1. The highest BCUT2D eigenvalue weighted by Crippen LogP contribution is 2.29. The van der Waals surface area contributed by atoms with E-state index in [9.17, 15) is 5.11 Å². The Bertz CT molecular complexity index is 736. The number of aromatic nitrogens is 3. The number of fused-ring (bicyclic) bond motifs is 1. The van der Waals surface area contributed by atoms with E-state index in [1.165, 1.54) is 0 Å². The number of nitrogens with zero attached hydrogens (tertiary/aromatic N) is 2. The number of pyridine rings is 1. The van der Waals surface area contributed by atoms with E-state index >= 15 is 0 Å². The number of imidazole rings is 1. The van der Waals surface area contributed by atoms with Gasteiger partial charge in [0.1, 0.15) is 11.6 Å². The number of nitrogens with one attached hydrogen (secondary N) is 1. The van der Waals surface area contributed by atoms with E-state index in [0.29, 0.717) is 15.9 Å². The minimum absolute atomic E-state index is 0.192. The Kier molecular flexibility index (Phi) is 2.56. The molecule has 90 valence electrons. The van der Waals surface area contributed by atoms with Crippen LogP contribution in [0.1, 0.15) is 5.69 Å². The van der Waals surface area contributed by atoms with E-state index in [-0.39, 0.29) is 5.75 Å².